The molecule has 7 rings (SSSR count). The predicted octanol–water partition coefficient (Wildman–Crippen LogP) is 9.49. The van der Waals surface area contributed by atoms with Crippen molar-refractivity contribution in [3.8, 4) is 0 Å². The van der Waals surface area contributed by atoms with Gasteiger partial charge in [-0.25, -0.2) is 15.0 Å². The minimum Gasteiger partial charge on any atom is -0.348 e. The second-order valence-electron chi connectivity index (χ2n) is 12.7. The van der Waals surface area contributed by atoms with Gasteiger partial charge in [-0.3, -0.25) is 0 Å². The summed E-state index contributed by atoms with van der Waals surface area (Å²) in [5.74, 6) is 2.85. The Kier molecular flexibility index (Phi) is 11.0. The molecule has 6 heteroatoms. The summed E-state index contributed by atoms with van der Waals surface area (Å²) in [6, 6.07) is 57.3. The number of aromatic nitrogens is 3. The molecular formula is C45H42N6. The molecule has 0 aliphatic carbocycles. The fourth-order valence-electron chi connectivity index (χ4n) is 6.46. The van der Waals surface area contributed by atoms with Gasteiger partial charge in [0, 0.05) is 57.9 Å². The van der Waals surface area contributed by atoms with E-state index in [1.54, 1.807) is 0 Å². The van der Waals surface area contributed by atoms with E-state index < -0.39 is 0 Å². The fraction of sp³-hybridized carbons (Fsp3) is 0.133. The average molecular weight is 667 g/mol. The second kappa shape index (κ2) is 16.9. The van der Waals surface area contributed by atoms with Gasteiger partial charge in [0.25, 0.3) is 0 Å². The largest absolute Gasteiger partial charge is 0.348 e. The molecule has 3 aromatic heterocycles. The monoisotopic (exact) mass is 666 g/mol. The molecular weight excluding hydrogens is 625 g/mol. The molecule has 3 heterocycles. The molecule has 0 unspecified atom stereocenters. The molecule has 0 radical (unpaired) electrons. The Hall–Kier alpha value is -6.27. The van der Waals surface area contributed by atoms with Crippen LogP contribution in [0.4, 0.5) is 17.5 Å². The first-order valence-corrected chi connectivity index (χ1v) is 17.5. The summed E-state index contributed by atoms with van der Waals surface area (Å²) < 4.78 is 0. The van der Waals surface area contributed by atoms with Crippen molar-refractivity contribution < 1.29 is 0 Å². The van der Waals surface area contributed by atoms with Crippen molar-refractivity contribution in [2.75, 3.05) is 14.7 Å². The predicted molar refractivity (Wildman–Crippen MR) is 208 cm³/mol. The van der Waals surface area contributed by atoms with Gasteiger partial charge in [0.15, 0.2) is 0 Å². The molecule has 7 aromatic rings. The summed E-state index contributed by atoms with van der Waals surface area (Å²) in [6.07, 6.45) is 5.62. The molecule has 51 heavy (non-hydrogen) atoms. The summed E-state index contributed by atoms with van der Waals surface area (Å²) in [7, 11) is 0. The van der Waals surface area contributed by atoms with Crippen LogP contribution in [0.3, 0.4) is 0 Å². The van der Waals surface area contributed by atoms with Crippen LogP contribution < -0.4 is 14.7 Å². The van der Waals surface area contributed by atoms with E-state index in [0.29, 0.717) is 19.6 Å². The topological polar surface area (TPSA) is 48.4 Å². The minimum atomic E-state index is 0.706. The van der Waals surface area contributed by atoms with Gasteiger partial charge in [0.1, 0.15) is 17.5 Å². The molecule has 0 saturated heterocycles. The van der Waals surface area contributed by atoms with Crippen LogP contribution in [0.25, 0.3) is 0 Å². The van der Waals surface area contributed by atoms with Crippen LogP contribution >= 0.6 is 0 Å². The number of pyridine rings is 3. The molecule has 0 spiro atoms. The zero-order valence-electron chi connectivity index (χ0n) is 28.7. The summed E-state index contributed by atoms with van der Waals surface area (Å²) >= 11 is 0. The molecule has 0 fully saturated rings. The van der Waals surface area contributed by atoms with Crippen LogP contribution in [-0.2, 0) is 39.3 Å². The Morgan fingerprint density at radius 1 is 0.275 bits per heavy atom. The smallest absolute Gasteiger partial charge is 0.129 e. The molecule has 0 aliphatic rings. The second-order valence-corrected chi connectivity index (χ2v) is 12.7. The third-order valence-electron chi connectivity index (χ3n) is 8.80. The van der Waals surface area contributed by atoms with E-state index in [-0.39, 0.29) is 0 Å². The quantitative estimate of drug-likeness (QED) is 0.109. The van der Waals surface area contributed by atoms with E-state index in [1.807, 2.05) is 36.8 Å². The summed E-state index contributed by atoms with van der Waals surface area (Å²) in [5.41, 5.74) is 7.41. The molecule has 0 aliphatic heterocycles. The van der Waals surface area contributed by atoms with E-state index in [1.165, 1.54) is 33.4 Å². The Bertz CT molecular complexity index is 1790. The normalized spacial score (nSPS) is 10.8. The highest BCUT2D eigenvalue weighted by atomic mass is 15.2. The molecule has 0 bridgehead atoms. The van der Waals surface area contributed by atoms with Crippen molar-refractivity contribution in [1.29, 1.82) is 0 Å². The Labute approximate surface area is 301 Å². The van der Waals surface area contributed by atoms with E-state index >= 15 is 0 Å². The highest BCUT2D eigenvalue weighted by molar-refractivity contribution is 5.46. The summed E-state index contributed by atoms with van der Waals surface area (Å²) in [4.78, 5) is 21.4. The first-order chi connectivity index (χ1) is 25.2. The molecule has 0 saturated carbocycles. The van der Waals surface area contributed by atoms with Crippen LogP contribution in [0.5, 0.6) is 0 Å². The van der Waals surface area contributed by atoms with Crippen LogP contribution in [0, 0.1) is 0 Å². The van der Waals surface area contributed by atoms with Crippen LogP contribution in [0.15, 0.2) is 182 Å². The number of anilines is 3. The van der Waals surface area contributed by atoms with Gasteiger partial charge < -0.3 is 14.7 Å². The van der Waals surface area contributed by atoms with Gasteiger partial charge in [-0.15, -0.1) is 0 Å². The van der Waals surface area contributed by atoms with Gasteiger partial charge in [-0.2, -0.15) is 0 Å². The Morgan fingerprint density at radius 3 is 0.784 bits per heavy atom. The van der Waals surface area contributed by atoms with Gasteiger partial charge in [0.05, 0.1) is 0 Å². The third-order valence-corrected chi connectivity index (χ3v) is 8.80. The van der Waals surface area contributed by atoms with Crippen molar-refractivity contribution >= 4 is 17.5 Å². The maximum Gasteiger partial charge on any atom is 0.129 e. The molecule has 6 nitrogen and oxygen atoms in total. The molecule has 252 valence electrons. The number of hydrogen-bond donors (Lipinski definition) is 0. The van der Waals surface area contributed by atoms with Crippen LogP contribution in [-0.4, -0.2) is 15.0 Å². The van der Waals surface area contributed by atoms with Gasteiger partial charge in [-0.05, 0) is 69.8 Å². The third kappa shape index (κ3) is 9.46. The minimum absolute atomic E-state index is 0.706. The lowest BCUT2D eigenvalue weighted by Crippen LogP contribution is -2.26. The molecule has 0 atom stereocenters. The fourth-order valence-corrected chi connectivity index (χ4v) is 6.46. The van der Waals surface area contributed by atoms with Gasteiger partial charge in [0.2, 0.25) is 0 Å². The lowest BCUT2D eigenvalue weighted by Gasteiger charge is -2.28. The van der Waals surface area contributed by atoms with Crippen molar-refractivity contribution in [1.82, 2.24) is 15.0 Å². The number of hydrogen-bond acceptors (Lipinski definition) is 6. The van der Waals surface area contributed by atoms with E-state index in [0.717, 1.165) is 37.1 Å². The SMILES string of the molecule is c1ccc(CN(Cc2cc(CN(Cc3ccccc3)c3ccccn3)cc(CN(Cc3ccccc3)c3ccccn3)c2)c2ccccn2)cc1. The summed E-state index contributed by atoms with van der Waals surface area (Å²) in [6.45, 7) is 4.37. The van der Waals surface area contributed by atoms with E-state index in [4.69, 9.17) is 15.0 Å². The van der Waals surface area contributed by atoms with Crippen molar-refractivity contribution in [2.24, 2.45) is 0 Å². The summed E-state index contributed by atoms with van der Waals surface area (Å²) in [5, 5.41) is 0. The van der Waals surface area contributed by atoms with E-state index in [9.17, 15) is 0 Å². The highest BCUT2D eigenvalue weighted by Gasteiger charge is 2.17. The zero-order chi connectivity index (χ0) is 34.5. The number of benzene rings is 4. The van der Waals surface area contributed by atoms with Gasteiger partial charge >= 0.3 is 0 Å². The number of nitrogens with zero attached hydrogens (tertiary/aromatic N) is 6. The zero-order valence-corrected chi connectivity index (χ0v) is 28.7. The maximum atomic E-state index is 4.78. The molecule has 0 N–H and O–H groups in total. The Balaban J connectivity index is 1.27. The average Bonchev–Trinajstić information content (AvgIpc) is 3.19. The lowest BCUT2D eigenvalue weighted by molar-refractivity contribution is 0.756. The van der Waals surface area contributed by atoms with Crippen molar-refractivity contribution in [3.05, 3.63) is 216 Å². The first kappa shape index (κ1) is 33.2. The van der Waals surface area contributed by atoms with Crippen molar-refractivity contribution in [3.63, 3.8) is 0 Å². The highest BCUT2D eigenvalue weighted by Crippen LogP contribution is 2.25. The van der Waals surface area contributed by atoms with Gasteiger partial charge in [-0.1, -0.05) is 127 Å². The molecule has 4 aromatic carbocycles. The van der Waals surface area contributed by atoms with E-state index in [2.05, 4.69) is 160 Å². The van der Waals surface area contributed by atoms with Crippen molar-refractivity contribution in [2.45, 2.75) is 39.3 Å². The van der Waals surface area contributed by atoms with Crippen LogP contribution in [0.2, 0.25) is 0 Å². The maximum absolute atomic E-state index is 4.78. The Morgan fingerprint density at radius 2 is 0.529 bits per heavy atom. The first-order valence-electron chi connectivity index (χ1n) is 17.5. The standard InChI is InChI=1S/C45H42N6/c1-4-16-37(17-5-1)31-49(43-22-10-13-25-46-43)34-40-28-41(35-50(44-23-11-14-26-47-44)32-38-18-6-2-7-19-38)30-42(29-40)36-51(45-24-12-15-27-48-45)33-39-20-8-3-9-21-39/h1-30H,31-36H2. The number of rotatable bonds is 15. The van der Waals surface area contributed by atoms with Crippen LogP contribution in [0.1, 0.15) is 33.4 Å². The lowest BCUT2D eigenvalue weighted by atomic mass is 10.0. The molecule has 0 amide bonds.